The average molecular weight is 475 g/mol. The predicted molar refractivity (Wildman–Crippen MR) is 109 cm³/mol. The van der Waals surface area contributed by atoms with Gasteiger partial charge >= 0.3 is 5.97 Å². The zero-order valence-electron chi connectivity index (χ0n) is 17.8. The molecule has 0 rings (SSSR count). The molecule has 0 heterocycles. The second-order valence-electron chi connectivity index (χ2n) is 7.14. The lowest BCUT2D eigenvalue weighted by molar-refractivity contribution is -0.144. The highest BCUT2D eigenvalue weighted by molar-refractivity contribution is 5.96. The van der Waals surface area contributed by atoms with Crippen LogP contribution in [0.15, 0.2) is 0 Å². The molecule has 0 saturated heterocycles. The van der Waals surface area contributed by atoms with Gasteiger partial charge < -0.3 is 49.1 Å². The van der Waals surface area contributed by atoms with Gasteiger partial charge in [0.1, 0.15) is 18.1 Å². The minimum Gasteiger partial charge on any atom is -0.480 e. The fourth-order valence-electron chi connectivity index (χ4n) is 2.44. The average Bonchev–Trinajstić information content (AvgIpc) is 2.67. The third kappa shape index (κ3) is 11.4. The van der Waals surface area contributed by atoms with Crippen molar-refractivity contribution in [3.05, 3.63) is 0 Å². The number of carbonyl (C=O) groups excluding carboxylic acids is 6. The van der Waals surface area contributed by atoms with Crippen LogP contribution in [0.2, 0.25) is 0 Å². The molecule has 13 N–H and O–H groups in total. The van der Waals surface area contributed by atoms with Crippen LogP contribution >= 0.6 is 0 Å². The molecule has 0 radical (unpaired) electrons. The van der Waals surface area contributed by atoms with Gasteiger partial charge in [-0.25, -0.2) is 4.79 Å². The van der Waals surface area contributed by atoms with E-state index in [9.17, 15) is 38.7 Å². The maximum Gasteiger partial charge on any atom is 0.326 e. The summed E-state index contributed by atoms with van der Waals surface area (Å²) in [6.07, 6.45) is -3.42. The molecule has 0 aliphatic carbocycles. The maximum absolute atomic E-state index is 12.6. The van der Waals surface area contributed by atoms with E-state index in [1.54, 1.807) is 0 Å². The third-order valence-corrected chi connectivity index (χ3v) is 4.16. The summed E-state index contributed by atoms with van der Waals surface area (Å²) in [5.74, 6) is -7.60. The lowest BCUT2D eigenvalue weighted by Crippen LogP contribution is -2.60. The predicted octanol–water partition coefficient (Wildman–Crippen LogP) is -5.75. The van der Waals surface area contributed by atoms with Crippen LogP contribution in [0.4, 0.5) is 0 Å². The highest BCUT2D eigenvalue weighted by atomic mass is 16.4. The number of hydrogen-bond acceptors (Lipinski definition) is 9. The summed E-state index contributed by atoms with van der Waals surface area (Å²) >= 11 is 0. The van der Waals surface area contributed by atoms with Gasteiger partial charge in [-0.3, -0.25) is 28.8 Å². The zero-order chi connectivity index (χ0) is 25.9. The highest BCUT2D eigenvalue weighted by Gasteiger charge is 2.33. The number of amides is 6. The first-order valence-corrected chi connectivity index (χ1v) is 9.58. The first-order chi connectivity index (χ1) is 15.1. The van der Waals surface area contributed by atoms with E-state index in [0.29, 0.717) is 0 Å². The second kappa shape index (κ2) is 13.6. The number of carboxylic acids is 1. The van der Waals surface area contributed by atoms with Gasteiger partial charge in [-0.2, -0.15) is 0 Å². The van der Waals surface area contributed by atoms with E-state index in [1.807, 2.05) is 5.32 Å². The van der Waals surface area contributed by atoms with Gasteiger partial charge in [-0.05, 0) is 13.3 Å². The molecule has 0 spiro atoms. The minimum atomic E-state index is -1.75. The number of primary amides is 3. The van der Waals surface area contributed by atoms with Crippen molar-refractivity contribution in [2.24, 2.45) is 22.9 Å². The Bertz CT molecular complexity index is 787. The number of rotatable bonds is 15. The molecule has 0 saturated carbocycles. The molecular weight excluding hydrogens is 446 g/mol. The fourth-order valence-corrected chi connectivity index (χ4v) is 2.44. The van der Waals surface area contributed by atoms with Crippen LogP contribution in [0.1, 0.15) is 32.6 Å². The number of carbonyl (C=O) groups is 7. The largest absolute Gasteiger partial charge is 0.480 e. The first-order valence-electron chi connectivity index (χ1n) is 9.58. The third-order valence-electron chi connectivity index (χ3n) is 4.16. The Labute approximate surface area is 187 Å². The van der Waals surface area contributed by atoms with Gasteiger partial charge in [0.2, 0.25) is 35.4 Å². The Balaban J connectivity index is 5.43. The summed E-state index contributed by atoms with van der Waals surface area (Å²) in [4.78, 5) is 81.5. The van der Waals surface area contributed by atoms with Gasteiger partial charge in [0.05, 0.1) is 25.0 Å². The first kappa shape index (κ1) is 29.2. The number of nitrogens with one attached hydrogen (secondary N) is 3. The van der Waals surface area contributed by atoms with Crippen molar-refractivity contribution < 1.29 is 43.8 Å². The van der Waals surface area contributed by atoms with Crippen LogP contribution in [0.25, 0.3) is 0 Å². The van der Waals surface area contributed by atoms with Crippen LogP contribution in [-0.4, -0.2) is 81.9 Å². The normalized spacial score (nSPS) is 15.1. The summed E-state index contributed by atoms with van der Waals surface area (Å²) in [5.41, 5.74) is 20.6. The molecule has 5 atom stereocenters. The highest BCUT2D eigenvalue weighted by Crippen LogP contribution is 2.02. The van der Waals surface area contributed by atoms with E-state index in [2.05, 4.69) is 10.6 Å². The van der Waals surface area contributed by atoms with Crippen molar-refractivity contribution in [3.8, 4) is 0 Å². The number of nitrogens with two attached hydrogens (primary N) is 4. The lowest BCUT2D eigenvalue weighted by atomic mass is 10.1. The number of aliphatic hydroxyl groups excluding tert-OH is 1. The van der Waals surface area contributed by atoms with Crippen LogP contribution < -0.4 is 38.9 Å². The molecule has 0 aromatic carbocycles. The van der Waals surface area contributed by atoms with Crippen molar-refractivity contribution in [1.29, 1.82) is 0 Å². The smallest absolute Gasteiger partial charge is 0.326 e. The molecule has 33 heavy (non-hydrogen) atoms. The van der Waals surface area contributed by atoms with E-state index in [1.165, 1.54) is 0 Å². The molecule has 16 nitrogen and oxygen atoms in total. The van der Waals surface area contributed by atoms with Gasteiger partial charge in [-0.1, -0.05) is 0 Å². The Morgan fingerprint density at radius 1 is 0.758 bits per heavy atom. The van der Waals surface area contributed by atoms with Crippen LogP contribution in [0.5, 0.6) is 0 Å². The van der Waals surface area contributed by atoms with Gasteiger partial charge in [0, 0.05) is 6.42 Å². The van der Waals surface area contributed by atoms with Crippen LogP contribution in [0.3, 0.4) is 0 Å². The Hall–Kier alpha value is -3.79. The SMILES string of the molecule is CC(O)C(NC(=O)C(CC(N)=O)NC(=O)C(N)CCC(N)=O)C(=O)NC(CC(N)=O)C(=O)O. The molecule has 0 aromatic rings. The van der Waals surface area contributed by atoms with Crippen molar-refractivity contribution >= 4 is 41.4 Å². The maximum atomic E-state index is 12.6. The van der Waals surface area contributed by atoms with E-state index in [4.69, 9.17) is 28.0 Å². The van der Waals surface area contributed by atoms with Gasteiger partial charge in [0.15, 0.2) is 0 Å². The van der Waals surface area contributed by atoms with Crippen molar-refractivity contribution in [2.45, 2.75) is 62.9 Å². The molecule has 186 valence electrons. The van der Waals surface area contributed by atoms with E-state index in [-0.39, 0.29) is 12.8 Å². The summed E-state index contributed by atoms with van der Waals surface area (Å²) in [6, 6.07) is -6.37. The van der Waals surface area contributed by atoms with E-state index < -0.39 is 84.5 Å². The second-order valence-corrected chi connectivity index (χ2v) is 7.14. The molecule has 16 heteroatoms. The summed E-state index contributed by atoms with van der Waals surface area (Å²) in [6.45, 7) is 1.09. The molecule has 6 amide bonds. The Morgan fingerprint density at radius 3 is 1.67 bits per heavy atom. The lowest BCUT2D eigenvalue weighted by Gasteiger charge is -2.26. The summed E-state index contributed by atoms with van der Waals surface area (Å²) in [7, 11) is 0. The zero-order valence-corrected chi connectivity index (χ0v) is 17.8. The minimum absolute atomic E-state index is 0.152. The van der Waals surface area contributed by atoms with Gasteiger partial charge in [-0.15, -0.1) is 0 Å². The van der Waals surface area contributed by atoms with Crippen molar-refractivity contribution in [1.82, 2.24) is 16.0 Å². The quantitative estimate of drug-likeness (QED) is 0.108. The number of hydrogen-bond donors (Lipinski definition) is 9. The summed E-state index contributed by atoms with van der Waals surface area (Å²) in [5, 5.41) is 25.1. The Kier molecular flexibility index (Phi) is 12.0. The van der Waals surface area contributed by atoms with Crippen molar-refractivity contribution in [2.75, 3.05) is 0 Å². The van der Waals surface area contributed by atoms with E-state index >= 15 is 0 Å². The topological polar surface area (TPSA) is 300 Å². The molecule has 0 aromatic heterocycles. The number of aliphatic carboxylic acids is 1. The van der Waals surface area contributed by atoms with Crippen molar-refractivity contribution in [3.63, 3.8) is 0 Å². The number of aliphatic hydroxyl groups is 1. The monoisotopic (exact) mass is 475 g/mol. The van der Waals surface area contributed by atoms with Gasteiger partial charge in [0.25, 0.3) is 0 Å². The number of carboxylic acid groups (broad SMARTS) is 1. The molecule has 0 bridgehead atoms. The summed E-state index contributed by atoms with van der Waals surface area (Å²) < 4.78 is 0. The molecule has 0 aliphatic rings. The van der Waals surface area contributed by atoms with Crippen LogP contribution in [0, 0.1) is 0 Å². The molecule has 5 unspecified atom stereocenters. The fraction of sp³-hybridized carbons (Fsp3) is 0.588. The van der Waals surface area contributed by atoms with E-state index in [0.717, 1.165) is 6.92 Å². The van der Waals surface area contributed by atoms with Crippen LogP contribution in [-0.2, 0) is 33.6 Å². The molecule has 0 aliphatic heterocycles. The molecular formula is C17H29N7O9. The molecule has 0 fully saturated rings. The Morgan fingerprint density at radius 2 is 1.24 bits per heavy atom. The standard InChI is InChI=1S/C17H29N7O9/c1-6(25)13(16(31)23-9(17(32)33)5-12(21)28)24-15(30)8(4-11(20)27)22-14(29)7(18)2-3-10(19)26/h6-9,13,25H,2-5,18H2,1H3,(H2,19,26)(H2,20,27)(H2,21,28)(H,22,29)(H,23,31)(H,24,30)(H,32,33).